The van der Waals surface area contributed by atoms with Crippen LogP contribution in [0.3, 0.4) is 0 Å². The topological polar surface area (TPSA) is 45.6 Å². The summed E-state index contributed by atoms with van der Waals surface area (Å²) in [5.41, 5.74) is 1.25. The molecule has 0 saturated carbocycles. The van der Waals surface area contributed by atoms with Gasteiger partial charge in [0, 0.05) is 20.1 Å². The highest BCUT2D eigenvalue weighted by molar-refractivity contribution is 14.0. The van der Waals surface area contributed by atoms with Crippen molar-refractivity contribution in [3.63, 3.8) is 0 Å². The largest absolute Gasteiger partial charge is 0.481 e. The van der Waals surface area contributed by atoms with Crippen molar-refractivity contribution in [2.24, 2.45) is 10.9 Å². The molecule has 1 rings (SSSR count). The maximum atomic E-state index is 5.34. The van der Waals surface area contributed by atoms with Crippen LogP contribution in [0.4, 0.5) is 0 Å². The number of rotatable bonds is 7. The highest BCUT2D eigenvalue weighted by atomic mass is 127. The number of hydrogen-bond acceptors (Lipinski definition) is 2. The lowest BCUT2D eigenvalue weighted by molar-refractivity contribution is 0.370. The van der Waals surface area contributed by atoms with E-state index in [9.17, 15) is 0 Å². The van der Waals surface area contributed by atoms with Crippen LogP contribution in [-0.2, 0) is 6.42 Å². The Morgan fingerprint density at radius 3 is 2.50 bits per heavy atom. The minimum absolute atomic E-state index is 0. The van der Waals surface area contributed by atoms with Crippen molar-refractivity contribution in [1.82, 2.24) is 10.6 Å². The second-order valence-electron chi connectivity index (χ2n) is 5.16. The number of benzene rings is 1. The zero-order valence-electron chi connectivity index (χ0n) is 13.6. The van der Waals surface area contributed by atoms with Gasteiger partial charge in [-0.2, -0.15) is 0 Å². The summed E-state index contributed by atoms with van der Waals surface area (Å²) in [4.78, 5) is 4.19. The van der Waals surface area contributed by atoms with Gasteiger partial charge in [0.25, 0.3) is 0 Å². The smallest absolute Gasteiger partial charge is 0.190 e. The SMILES string of the molecule is C#CCOc1ccc(CCNC(=NC)NCC(C)C)cc1.I. The van der Waals surface area contributed by atoms with E-state index >= 15 is 0 Å². The number of hydrogen-bond donors (Lipinski definition) is 2. The van der Waals surface area contributed by atoms with E-state index in [2.05, 4.69) is 47.5 Å². The van der Waals surface area contributed by atoms with E-state index in [1.807, 2.05) is 12.1 Å². The predicted molar refractivity (Wildman–Crippen MR) is 104 cm³/mol. The molecule has 1 aromatic carbocycles. The van der Waals surface area contributed by atoms with Gasteiger partial charge in [-0.15, -0.1) is 30.4 Å². The van der Waals surface area contributed by atoms with E-state index in [0.717, 1.165) is 31.2 Å². The van der Waals surface area contributed by atoms with E-state index in [4.69, 9.17) is 11.2 Å². The molecule has 0 atom stereocenters. The number of terminal acetylenes is 1. The van der Waals surface area contributed by atoms with Crippen LogP contribution < -0.4 is 15.4 Å². The first kappa shape index (κ1) is 20.6. The van der Waals surface area contributed by atoms with Gasteiger partial charge >= 0.3 is 0 Å². The summed E-state index contributed by atoms with van der Waals surface area (Å²) < 4.78 is 5.34. The predicted octanol–water partition coefficient (Wildman–Crippen LogP) is 2.68. The second kappa shape index (κ2) is 12.2. The van der Waals surface area contributed by atoms with Crippen LogP contribution in [0.1, 0.15) is 19.4 Å². The Hall–Kier alpha value is -1.42. The molecule has 0 fully saturated rings. The molecule has 0 heterocycles. The Balaban J connectivity index is 0.00000441. The summed E-state index contributed by atoms with van der Waals surface area (Å²) in [5, 5.41) is 6.59. The van der Waals surface area contributed by atoms with Gasteiger partial charge in [-0.1, -0.05) is 31.9 Å². The quantitative estimate of drug-likeness (QED) is 0.312. The first-order valence-corrected chi connectivity index (χ1v) is 7.25. The van der Waals surface area contributed by atoms with Gasteiger partial charge in [0.2, 0.25) is 0 Å². The average Bonchev–Trinajstić information content (AvgIpc) is 2.49. The van der Waals surface area contributed by atoms with E-state index in [0.29, 0.717) is 12.5 Å². The van der Waals surface area contributed by atoms with E-state index in [1.165, 1.54) is 5.56 Å². The van der Waals surface area contributed by atoms with Crippen molar-refractivity contribution in [3.05, 3.63) is 29.8 Å². The van der Waals surface area contributed by atoms with Crippen molar-refractivity contribution < 1.29 is 4.74 Å². The lowest BCUT2D eigenvalue weighted by atomic mass is 10.1. The van der Waals surface area contributed by atoms with Crippen LogP contribution >= 0.6 is 24.0 Å². The van der Waals surface area contributed by atoms with Gasteiger partial charge in [0.1, 0.15) is 12.4 Å². The number of ether oxygens (including phenoxy) is 1. The van der Waals surface area contributed by atoms with Crippen LogP contribution in [0.25, 0.3) is 0 Å². The zero-order chi connectivity index (χ0) is 15.5. The van der Waals surface area contributed by atoms with Gasteiger partial charge in [0.15, 0.2) is 5.96 Å². The monoisotopic (exact) mass is 415 g/mol. The molecule has 0 bridgehead atoms. The molecule has 2 N–H and O–H groups in total. The molecule has 5 heteroatoms. The standard InChI is InChI=1S/C17H25N3O.HI/c1-5-12-21-16-8-6-15(7-9-16)10-11-19-17(18-4)20-13-14(2)3;/h1,6-9,14H,10-13H2,2-4H3,(H2,18,19,20);1H. The fourth-order valence-electron chi connectivity index (χ4n) is 1.72. The molecule has 0 amide bonds. The Bertz CT molecular complexity index is 478. The molecular weight excluding hydrogens is 389 g/mol. The fraction of sp³-hybridized carbons (Fsp3) is 0.471. The molecule has 0 aliphatic heterocycles. The molecule has 0 spiro atoms. The van der Waals surface area contributed by atoms with Crippen LogP contribution in [0.15, 0.2) is 29.3 Å². The maximum Gasteiger partial charge on any atom is 0.190 e. The van der Waals surface area contributed by atoms with Gasteiger partial charge < -0.3 is 15.4 Å². The first-order valence-electron chi connectivity index (χ1n) is 7.25. The lowest BCUT2D eigenvalue weighted by Crippen LogP contribution is -2.39. The third-order valence-corrected chi connectivity index (χ3v) is 2.85. The number of aliphatic imine (C=N–C) groups is 1. The average molecular weight is 415 g/mol. The molecule has 0 aromatic heterocycles. The fourth-order valence-corrected chi connectivity index (χ4v) is 1.72. The van der Waals surface area contributed by atoms with E-state index < -0.39 is 0 Å². The molecular formula is C17H26IN3O. The molecule has 4 nitrogen and oxygen atoms in total. The Labute approximate surface area is 151 Å². The van der Waals surface area contributed by atoms with Crippen molar-refractivity contribution in [2.45, 2.75) is 20.3 Å². The summed E-state index contributed by atoms with van der Waals surface area (Å²) in [6.07, 6.45) is 6.08. The summed E-state index contributed by atoms with van der Waals surface area (Å²) in [5.74, 6) is 4.70. The molecule has 0 saturated heterocycles. The van der Waals surface area contributed by atoms with Crippen molar-refractivity contribution >= 4 is 29.9 Å². The van der Waals surface area contributed by atoms with Crippen LogP contribution in [0.2, 0.25) is 0 Å². The molecule has 0 unspecified atom stereocenters. The van der Waals surface area contributed by atoms with E-state index in [1.54, 1.807) is 7.05 Å². The van der Waals surface area contributed by atoms with Crippen molar-refractivity contribution in [1.29, 1.82) is 0 Å². The highest BCUT2D eigenvalue weighted by Crippen LogP contribution is 2.12. The number of halogens is 1. The van der Waals surface area contributed by atoms with Crippen LogP contribution in [-0.4, -0.2) is 32.7 Å². The third kappa shape index (κ3) is 8.78. The zero-order valence-corrected chi connectivity index (χ0v) is 15.9. The van der Waals surface area contributed by atoms with Gasteiger partial charge in [-0.3, -0.25) is 4.99 Å². The first-order chi connectivity index (χ1) is 10.2. The van der Waals surface area contributed by atoms with E-state index in [-0.39, 0.29) is 24.0 Å². The van der Waals surface area contributed by atoms with Crippen LogP contribution in [0, 0.1) is 18.3 Å². The van der Waals surface area contributed by atoms with Crippen LogP contribution in [0.5, 0.6) is 5.75 Å². The normalized spacial score (nSPS) is 10.6. The Kier molecular flexibility index (Phi) is 11.4. The minimum atomic E-state index is 0. The molecule has 122 valence electrons. The molecule has 0 aliphatic rings. The summed E-state index contributed by atoms with van der Waals surface area (Å²) >= 11 is 0. The van der Waals surface area contributed by atoms with Crippen molar-refractivity contribution in [3.8, 4) is 18.1 Å². The summed E-state index contributed by atoms with van der Waals surface area (Å²) in [6, 6.07) is 7.99. The molecule has 22 heavy (non-hydrogen) atoms. The lowest BCUT2D eigenvalue weighted by Gasteiger charge is -2.13. The van der Waals surface area contributed by atoms with Gasteiger partial charge in [-0.25, -0.2) is 0 Å². The second-order valence-corrected chi connectivity index (χ2v) is 5.16. The number of guanidine groups is 1. The maximum absolute atomic E-state index is 5.34. The third-order valence-electron chi connectivity index (χ3n) is 2.85. The van der Waals surface area contributed by atoms with Gasteiger partial charge in [-0.05, 0) is 30.0 Å². The molecule has 0 aliphatic carbocycles. The molecule has 1 aromatic rings. The summed E-state index contributed by atoms with van der Waals surface area (Å²) in [6.45, 7) is 6.40. The number of nitrogens with zero attached hydrogens (tertiary/aromatic N) is 1. The highest BCUT2D eigenvalue weighted by Gasteiger charge is 2.00. The Morgan fingerprint density at radius 1 is 1.27 bits per heavy atom. The molecule has 0 radical (unpaired) electrons. The van der Waals surface area contributed by atoms with Gasteiger partial charge in [0.05, 0.1) is 0 Å². The minimum Gasteiger partial charge on any atom is -0.481 e. The van der Waals surface area contributed by atoms with Crippen molar-refractivity contribution in [2.75, 3.05) is 26.7 Å². The summed E-state index contributed by atoms with van der Waals surface area (Å²) in [7, 11) is 1.78. The number of nitrogens with one attached hydrogen (secondary N) is 2. The Morgan fingerprint density at radius 2 is 1.95 bits per heavy atom.